The smallest absolute Gasteiger partial charge is 0.410 e. The van der Waals surface area contributed by atoms with Crippen LogP contribution in [0.25, 0.3) is 0 Å². The highest BCUT2D eigenvalue weighted by Crippen LogP contribution is 2.33. The first kappa shape index (κ1) is 19.3. The van der Waals surface area contributed by atoms with E-state index in [9.17, 15) is 14.7 Å². The molecule has 1 fully saturated rings. The number of benzene rings is 1. The second kappa shape index (κ2) is 9.44. The molecule has 1 amide bonds. The van der Waals surface area contributed by atoms with Gasteiger partial charge in [-0.05, 0) is 36.7 Å². The number of rotatable bonds is 7. The van der Waals surface area contributed by atoms with Crippen molar-refractivity contribution in [2.45, 2.75) is 58.6 Å². The van der Waals surface area contributed by atoms with Gasteiger partial charge in [0, 0.05) is 6.54 Å². The molecule has 1 aliphatic carbocycles. The lowest BCUT2D eigenvalue weighted by Crippen LogP contribution is -2.50. The van der Waals surface area contributed by atoms with Gasteiger partial charge in [-0.25, -0.2) is 9.59 Å². The summed E-state index contributed by atoms with van der Waals surface area (Å²) in [7, 11) is 0. The molecule has 138 valence electrons. The van der Waals surface area contributed by atoms with E-state index in [2.05, 4.69) is 6.92 Å². The molecule has 0 aromatic heterocycles. The molecule has 3 atom stereocenters. The second-order valence-corrected chi connectivity index (χ2v) is 7.05. The number of nitrogens with zero attached hydrogens (tertiary/aromatic N) is 1. The van der Waals surface area contributed by atoms with Crippen LogP contribution in [0.5, 0.6) is 0 Å². The van der Waals surface area contributed by atoms with E-state index in [0.717, 1.165) is 31.2 Å². The van der Waals surface area contributed by atoms with Crippen LogP contribution in [-0.2, 0) is 16.1 Å². The minimum absolute atomic E-state index is 0.00271. The lowest BCUT2D eigenvalue weighted by Gasteiger charge is -2.37. The molecule has 0 spiro atoms. The van der Waals surface area contributed by atoms with E-state index in [0.29, 0.717) is 18.9 Å². The van der Waals surface area contributed by atoms with Crippen LogP contribution in [0, 0.1) is 11.8 Å². The minimum Gasteiger partial charge on any atom is -0.480 e. The fourth-order valence-electron chi connectivity index (χ4n) is 3.74. The van der Waals surface area contributed by atoms with Crippen LogP contribution in [-0.4, -0.2) is 34.7 Å². The van der Waals surface area contributed by atoms with Gasteiger partial charge < -0.3 is 9.84 Å². The van der Waals surface area contributed by atoms with Crippen LogP contribution >= 0.6 is 0 Å². The summed E-state index contributed by atoms with van der Waals surface area (Å²) in [5, 5.41) is 9.79. The van der Waals surface area contributed by atoms with Gasteiger partial charge in [-0.2, -0.15) is 0 Å². The first-order chi connectivity index (χ1) is 12.0. The highest BCUT2D eigenvalue weighted by molar-refractivity contribution is 5.80. The van der Waals surface area contributed by atoms with Gasteiger partial charge >= 0.3 is 12.1 Å². The summed E-state index contributed by atoms with van der Waals surface area (Å²) in [6, 6.07) is 8.64. The molecule has 0 aliphatic heterocycles. The van der Waals surface area contributed by atoms with E-state index in [-0.39, 0.29) is 12.5 Å². The Bertz CT molecular complexity index is 560. The number of carbonyl (C=O) groups excluding carboxylic acids is 1. The summed E-state index contributed by atoms with van der Waals surface area (Å²) in [6.45, 7) is 4.66. The topological polar surface area (TPSA) is 66.8 Å². The number of hydrogen-bond donors (Lipinski definition) is 1. The number of carboxylic acids is 1. The number of carboxylic acid groups (broad SMARTS) is 1. The fourth-order valence-corrected chi connectivity index (χ4v) is 3.74. The van der Waals surface area contributed by atoms with Crippen molar-refractivity contribution in [2.24, 2.45) is 11.8 Å². The first-order valence-corrected chi connectivity index (χ1v) is 9.23. The van der Waals surface area contributed by atoms with Crippen LogP contribution in [0.4, 0.5) is 4.79 Å². The molecule has 5 nitrogen and oxygen atoms in total. The van der Waals surface area contributed by atoms with Gasteiger partial charge in [-0.1, -0.05) is 57.0 Å². The Morgan fingerprint density at radius 2 is 2.00 bits per heavy atom. The first-order valence-electron chi connectivity index (χ1n) is 9.23. The monoisotopic (exact) mass is 347 g/mol. The third-order valence-electron chi connectivity index (χ3n) is 4.92. The zero-order chi connectivity index (χ0) is 18.2. The molecule has 1 N–H and O–H groups in total. The maximum Gasteiger partial charge on any atom is 0.410 e. The van der Waals surface area contributed by atoms with Gasteiger partial charge in [0.15, 0.2) is 0 Å². The largest absolute Gasteiger partial charge is 0.480 e. The van der Waals surface area contributed by atoms with Crippen molar-refractivity contribution >= 4 is 12.1 Å². The highest BCUT2D eigenvalue weighted by atomic mass is 16.6. The number of hydrogen-bond acceptors (Lipinski definition) is 3. The Kier molecular flexibility index (Phi) is 7.29. The van der Waals surface area contributed by atoms with E-state index >= 15 is 0 Å². The molecule has 25 heavy (non-hydrogen) atoms. The zero-order valence-corrected chi connectivity index (χ0v) is 15.2. The maximum atomic E-state index is 12.6. The molecule has 5 heteroatoms. The molecule has 1 aromatic rings. The van der Waals surface area contributed by atoms with Crippen molar-refractivity contribution in [2.75, 3.05) is 6.54 Å². The Hall–Kier alpha value is -2.04. The van der Waals surface area contributed by atoms with Gasteiger partial charge in [0.1, 0.15) is 12.6 Å². The van der Waals surface area contributed by atoms with Gasteiger partial charge in [-0.15, -0.1) is 0 Å². The Labute approximate surface area is 150 Å². The average molecular weight is 347 g/mol. The maximum absolute atomic E-state index is 12.6. The molecule has 1 aliphatic rings. The zero-order valence-electron chi connectivity index (χ0n) is 15.2. The molecular formula is C20H29NO4. The summed E-state index contributed by atoms with van der Waals surface area (Å²) in [5.74, 6) is -0.425. The fraction of sp³-hybridized carbons (Fsp3) is 0.600. The molecule has 3 unspecified atom stereocenters. The third kappa shape index (κ3) is 5.48. The summed E-state index contributed by atoms with van der Waals surface area (Å²) < 4.78 is 5.42. The van der Waals surface area contributed by atoms with Crippen molar-refractivity contribution in [1.29, 1.82) is 0 Å². The van der Waals surface area contributed by atoms with E-state index in [4.69, 9.17) is 4.74 Å². The van der Waals surface area contributed by atoms with Gasteiger partial charge in [0.25, 0.3) is 0 Å². The lowest BCUT2D eigenvalue weighted by molar-refractivity contribution is -0.145. The highest BCUT2D eigenvalue weighted by Gasteiger charge is 2.38. The molecule has 2 rings (SSSR count). The van der Waals surface area contributed by atoms with Crippen LogP contribution < -0.4 is 0 Å². The van der Waals surface area contributed by atoms with Gasteiger partial charge in [0.2, 0.25) is 0 Å². The summed E-state index contributed by atoms with van der Waals surface area (Å²) in [5.41, 5.74) is 0.894. The summed E-state index contributed by atoms with van der Waals surface area (Å²) >= 11 is 0. The Balaban J connectivity index is 2.08. The van der Waals surface area contributed by atoms with E-state index < -0.39 is 18.1 Å². The Morgan fingerprint density at radius 3 is 2.60 bits per heavy atom. The molecule has 0 saturated heterocycles. The molecule has 0 heterocycles. The predicted octanol–water partition coefficient (Wildman–Crippen LogP) is 4.31. The quantitative estimate of drug-likeness (QED) is 0.798. The second-order valence-electron chi connectivity index (χ2n) is 7.05. The Morgan fingerprint density at radius 1 is 1.28 bits per heavy atom. The van der Waals surface area contributed by atoms with E-state index in [1.54, 1.807) is 0 Å². The number of amides is 1. The van der Waals surface area contributed by atoms with Crippen LogP contribution in [0.2, 0.25) is 0 Å². The summed E-state index contributed by atoms with van der Waals surface area (Å²) in [6.07, 6.45) is 4.03. The van der Waals surface area contributed by atoms with E-state index in [1.807, 2.05) is 37.3 Å². The summed E-state index contributed by atoms with van der Waals surface area (Å²) in [4.78, 5) is 26.0. The third-order valence-corrected chi connectivity index (χ3v) is 4.92. The molecule has 1 saturated carbocycles. The van der Waals surface area contributed by atoms with Crippen molar-refractivity contribution in [3.8, 4) is 0 Å². The van der Waals surface area contributed by atoms with Gasteiger partial charge in [0.05, 0.1) is 0 Å². The number of carbonyl (C=O) groups is 2. The predicted molar refractivity (Wildman–Crippen MR) is 96.2 cm³/mol. The number of aliphatic carboxylic acids is 1. The molecule has 1 aromatic carbocycles. The van der Waals surface area contributed by atoms with Gasteiger partial charge in [-0.3, -0.25) is 4.90 Å². The van der Waals surface area contributed by atoms with E-state index in [1.165, 1.54) is 4.90 Å². The lowest BCUT2D eigenvalue weighted by atomic mass is 9.78. The number of ether oxygens (including phenoxy) is 1. The SMILES string of the molecule is CCCN(C(=O)OCc1ccccc1)C(C(=O)O)C1CCCC(C)C1. The van der Waals surface area contributed by atoms with Crippen molar-refractivity contribution < 1.29 is 19.4 Å². The van der Waals surface area contributed by atoms with Crippen LogP contribution in [0.1, 0.15) is 51.5 Å². The minimum atomic E-state index is -0.927. The van der Waals surface area contributed by atoms with Crippen LogP contribution in [0.3, 0.4) is 0 Å². The normalized spacial score (nSPS) is 21.4. The van der Waals surface area contributed by atoms with Crippen molar-refractivity contribution in [3.63, 3.8) is 0 Å². The van der Waals surface area contributed by atoms with Crippen molar-refractivity contribution in [3.05, 3.63) is 35.9 Å². The molecule has 0 bridgehead atoms. The molecular weight excluding hydrogens is 318 g/mol. The standard InChI is InChI=1S/C20H29NO4/c1-3-12-21(20(24)25-14-16-9-5-4-6-10-16)18(19(22)23)17-11-7-8-15(2)13-17/h4-6,9-10,15,17-18H,3,7-8,11-14H2,1-2H3,(H,22,23). The molecule has 0 radical (unpaired) electrons. The van der Waals surface area contributed by atoms with Crippen LogP contribution in [0.15, 0.2) is 30.3 Å². The van der Waals surface area contributed by atoms with Crippen molar-refractivity contribution in [1.82, 2.24) is 4.90 Å². The average Bonchev–Trinajstić information content (AvgIpc) is 2.60.